The maximum Gasteiger partial charge on any atom is 1.00 e. The average Bonchev–Trinajstić information content (AvgIpc) is 1.66. The van der Waals surface area contributed by atoms with E-state index in [0.717, 1.165) is 13.2 Å². The van der Waals surface area contributed by atoms with Crippen LogP contribution < -0.4 is 29.6 Å². The van der Waals surface area contributed by atoms with Gasteiger partial charge in [-0.2, -0.15) is 0 Å². The van der Waals surface area contributed by atoms with Crippen LogP contribution in [0.25, 0.3) is 0 Å². The molecule has 7 heteroatoms. The standard InChI is InChI=1S/C4H10O.BF3.BH4.Na/c1-3-5-4-2;2-1(3)4;;/h3-4H2,1-2H3;;1H4;/q;;-1;+1. The second-order valence-electron chi connectivity index (χ2n) is 1.03. The van der Waals surface area contributed by atoms with E-state index in [0.29, 0.717) is 0 Å². The van der Waals surface area contributed by atoms with E-state index in [9.17, 15) is 12.9 Å². The van der Waals surface area contributed by atoms with Crippen LogP contribution in [-0.4, -0.2) is 29.2 Å². The molecule has 1 nitrogen and oxygen atoms in total. The molecule has 0 radical (unpaired) electrons. The number of halogens is 3. The maximum atomic E-state index is 9.67. The molecular weight excluding hydrogens is 166 g/mol. The van der Waals surface area contributed by atoms with Gasteiger partial charge in [0.05, 0.1) is 0 Å². The zero-order valence-electron chi connectivity index (χ0n) is 6.53. The van der Waals surface area contributed by atoms with E-state index in [2.05, 4.69) is 0 Å². The number of hydrogen-bond donors (Lipinski definition) is 0. The van der Waals surface area contributed by atoms with E-state index in [1.807, 2.05) is 13.8 Å². The quantitative estimate of drug-likeness (QED) is 0.426. The molecule has 0 aliphatic carbocycles. The van der Waals surface area contributed by atoms with Gasteiger partial charge >= 0.3 is 37.1 Å². The summed E-state index contributed by atoms with van der Waals surface area (Å²) < 4.78 is 33.8. The predicted molar refractivity (Wildman–Crippen MR) is 42.6 cm³/mol. The summed E-state index contributed by atoms with van der Waals surface area (Å²) in [5.74, 6) is 0. The third kappa shape index (κ3) is 103. The minimum absolute atomic E-state index is 0. The number of rotatable bonds is 2. The average molecular weight is 180 g/mol. The molecule has 0 fully saturated rings. The summed E-state index contributed by atoms with van der Waals surface area (Å²) >= 11 is 0. The number of ether oxygens (including phenoxy) is 1. The first-order chi connectivity index (χ1) is 4.15. The predicted octanol–water partition coefficient (Wildman–Crippen LogP) is -2.52. The Kier molecular flexibility index (Phi) is 46.2. The normalized spacial score (nSPS) is 6.27. The van der Waals surface area contributed by atoms with Gasteiger partial charge in [0.1, 0.15) is 0 Å². The summed E-state index contributed by atoms with van der Waals surface area (Å²) in [7, 11) is -3.67. The van der Waals surface area contributed by atoms with Crippen LogP contribution in [0.1, 0.15) is 13.8 Å². The SMILES string of the molecule is CCOCC.FB(F)F.[BH4-].[Na+]. The minimum atomic E-state index is -3.67. The van der Waals surface area contributed by atoms with E-state index in [1.54, 1.807) is 0 Å². The molecule has 0 amide bonds. The fourth-order valence-electron chi connectivity index (χ4n) is 0.204. The van der Waals surface area contributed by atoms with Crippen LogP contribution in [-0.2, 0) is 4.74 Å². The van der Waals surface area contributed by atoms with Crippen LogP contribution in [0.4, 0.5) is 12.9 Å². The van der Waals surface area contributed by atoms with E-state index in [-0.39, 0.29) is 38.0 Å². The van der Waals surface area contributed by atoms with Gasteiger partial charge in [-0.05, 0) is 13.8 Å². The third-order valence-corrected chi connectivity index (χ3v) is 0.408. The second kappa shape index (κ2) is 22.4. The summed E-state index contributed by atoms with van der Waals surface area (Å²) in [5, 5.41) is 0. The van der Waals surface area contributed by atoms with Gasteiger partial charge in [0.15, 0.2) is 0 Å². The van der Waals surface area contributed by atoms with Gasteiger partial charge in [-0.1, -0.05) is 8.41 Å². The van der Waals surface area contributed by atoms with Gasteiger partial charge in [0.25, 0.3) is 0 Å². The van der Waals surface area contributed by atoms with Crippen molar-refractivity contribution in [2.75, 3.05) is 13.2 Å². The van der Waals surface area contributed by atoms with Gasteiger partial charge < -0.3 is 4.74 Å². The monoisotopic (exact) mass is 180 g/mol. The van der Waals surface area contributed by atoms with Crippen LogP contribution in [0.2, 0.25) is 0 Å². The van der Waals surface area contributed by atoms with Gasteiger partial charge in [-0.3, -0.25) is 12.9 Å². The largest absolute Gasteiger partial charge is 1.00 e. The molecule has 0 N–H and O–H groups in total. The molecule has 64 valence electrons. The molecule has 0 aromatic rings. The van der Waals surface area contributed by atoms with Crippen LogP contribution >= 0.6 is 0 Å². The van der Waals surface area contributed by atoms with Crippen LogP contribution in [0, 0.1) is 0 Å². The van der Waals surface area contributed by atoms with Crippen molar-refractivity contribution >= 4 is 16.0 Å². The molecule has 0 saturated carbocycles. The summed E-state index contributed by atoms with van der Waals surface area (Å²) in [4.78, 5) is 0. The van der Waals surface area contributed by atoms with Gasteiger partial charge in [0, 0.05) is 13.2 Å². The Hall–Kier alpha value is 0.880. The maximum absolute atomic E-state index is 9.67. The van der Waals surface area contributed by atoms with Crippen molar-refractivity contribution < 1.29 is 47.2 Å². The van der Waals surface area contributed by atoms with E-state index >= 15 is 0 Å². The molecule has 0 aliphatic heterocycles. The van der Waals surface area contributed by atoms with Crippen molar-refractivity contribution in [3.63, 3.8) is 0 Å². The van der Waals surface area contributed by atoms with Crippen molar-refractivity contribution in [2.24, 2.45) is 0 Å². The Balaban J connectivity index is -0.0000000383. The van der Waals surface area contributed by atoms with E-state index < -0.39 is 7.54 Å². The zero-order valence-corrected chi connectivity index (χ0v) is 8.53. The molecule has 0 unspecified atom stereocenters. The Labute approximate surface area is 90.2 Å². The van der Waals surface area contributed by atoms with Crippen LogP contribution in [0.15, 0.2) is 0 Å². The van der Waals surface area contributed by atoms with Crippen molar-refractivity contribution in [2.45, 2.75) is 13.8 Å². The molecule has 0 aromatic carbocycles. The Morgan fingerprint density at radius 3 is 1.27 bits per heavy atom. The third-order valence-electron chi connectivity index (χ3n) is 0.408. The van der Waals surface area contributed by atoms with Gasteiger partial charge in [-0.25, -0.2) is 0 Å². The van der Waals surface area contributed by atoms with E-state index in [1.165, 1.54) is 0 Å². The molecule has 0 atom stereocenters. The van der Waals surface area contributed by atoms with Crippen molar-refractivity contribution in [1.82, 2.24) is 0 Å². The second-order valence-corrected chi connectivity index (χ2v) is 1.03. The fourth-order valence-corrected chi connectivity index (χ4v) is 0.204. The summed E-state index contributed by atoms with van der Waals surface area (Å²) in [6, 6.07) is 0. The summed E-state index contributed by atoms with van der Waals surface area (Å²) in [5.41, 5.74) is 0. The first kappa shape index (κ1) is 22.6. The van der Waals surface area contributed by atoms with Gasteiger partial charge in [-0.15, -0.1) is 0 Å². The van der Waals surface area contributed by atoms with Crippen molar-refractivity contribution in [3.05, 3.63) is 0 Å². The van der Waals surface area contributed by atoms with Crippen molar-refractivity contribution in [1.29, 1.82) is 0 Å². The molecule has 0 spiro atoms. The minimum Gasteiger partial charge on any atom is -0.382 e. The van der Waals surface area contributed by atoms with Crippen LogP contribution in [0.3, 0.4) is 0 Å². The smallest absolute Gasteiger partial charge is 0.382 e. The summed E-state index contributed by atoms with van der Waals surface area (Å²) in [6.07, 6.45) is 0. The van der Waals surface area contributed by atoms with Crippen molar-refractivity contribution in [3.8, 4) is 0 Å². The summed E-state index contributed by atoms with van der Waals surface area (Å²) in [6.45, 7) is 5.67. The Morgan fingerprint density at radius 1 is 1.09 bits per heavy atom. The Bertz CT molecular complexity index is 47.6. The molecule has 11 heavy (non-hydrogen) atoms. The first-order valence-corrected chi connectivity index (χ1v) is 2.65. The van der Waals surface area contributed by atoms with E-state index in [4.69, 9.17) is 4.74 Å². The first-order valence-electron chi connectivity index (χ1n) is 2.65. The van der Waals surface area contributed by atoms with Gasteiger partial charge in [0.2, 0.25) is 0 Å². The number of hydrogen-bond acceptors (Lipinski definition) is 1. The van der Waals surface area contributed by atoms with Crippen LogP contribution in [0.5, 0.6) is 0 Å². The fraction of sp³-hybridized carbons (Fsp3) is 1.00. The Morgan fingerprint density at radius 2 is 1.27 bits per heavy atom. The molecule has 0 rings (SSSR count). The zero-order chi connectivity index (χ0) is 7.70. The molecular formula is C4H14B2F3NaO. The topological polar surface area (TPSA) is 9.23 Å². The molecule has 0 aromatic heterocycles. The molecule has 0 heterocycles. The molecule has 0 aliphatic rings. The molecule has 0 saturated heterocycles. The molecule has 0 bridgehead atoms.